The van der Waals surface area contributed by atoms with Gasteiger partial charge < -0.3 is 20.3 Å². The second kappa shape index (κ2) is 7.42. The summed E-state index contributed by atoms with van der Waals surface area (Å²) in [6.45, 7) is 0. The second-order valence-corrected chi connectivity index (χ2v) is 4.87. The summed E-state index contributed by atoms with van der Waals surface area (Å²) in [7, 11) is 1.31. The summed E-state index contributed by atoms with van der Waals surface area (Å²) >= 11 is 0. The van der Waals surface area contributed by atoms with Gasteiger partial charge in [0.25, 0.3) is 0 Å². The Balaban J connectivity index is 2.17. The average molecular weight is 315 g/mol. The zero-order valence-corrected chi connectivity index (χ0v) is 12.6. The molecule has 2 rings (SSSR count). The van der Waals surface area contributed by atoms with E-state index in [1.165, 1.54) is 7.11 Å². The number of rotatable bonds is 6. The number of hydrogen-bond donors (Lipinski definition) is 2. The predicted molar refractivity (Wildman–Crippen MR) is 83.6 cm³/mol. The van der Waals surface area contributed by atoms with Crippen LogP contribution in [-0.2, 0) is 16.0 Å². The minimum absolute atomic E-state index is 0.158. The quantitative estimate of drug-likeness (QED) is 0.793. The van der Waals surface area contributed by atoms with E-state index in [2.05, 4.69) is 4.74 Å². The van der Waals surface area contributed by atoms with Crippen molar-refractivity contribution in [2.24, 2.45) is 5.73 Å². The largest absolute Gasteiger partial charge is 0.480 e. The molecule has 0 amide bonds. The Labute approximate surface area is 133 Å². The van der Waals surface area contributed by atoms with Gasteiger partial charge in [-0.3, -0.25) is 4.79 Å². The lowest BCUT2D eigenvalue weighted by molar-refractivity contribution is -0.138. The molecule has 2 aromatic rings. The molecule has 0 aromatic heterocycles. The molecule has 6 heteroatoms. The van der Waals surface area contributed by atoms with Gasteiger partial charge in [0.05, 0.1) is 12.7 Å². The van der Waals surface area contributed by atoms with Gasteiger partial charge in [-0.05, 0) is 35.9 Å². The van der Waals surface area contributed by atoms with E-state index in [4.69, 9.17) is 15.6 Å². The SMILES string of the molecule is COC(=O)c1ccc(Oc2ccccc2CC(N)C(=O)O)cc1. The highest BCUT2D eigenvalue weighted by molar-refractivity contribution is 5.89. The molecule has 0 fully saturated rings. The standard InChI is InChI=1S/C17H17NO5/c1-22-17(21)11-6-8-13(9-7-11)23-15-5-3-2-4-12(15)10-14(18)16(19)20/h2-9,14H,10,18H2,1H3,(H,19,20). The first-order valence-electron chi connectivity index (χ1n) is 6.94. The smallest absolute Gasteiger partial charge is 0.337 e. The molecule has 0 saturated carbocycles. The molecular formula is C17H17NO5. The molecule has 0 aliphatic rings. The maximum absolute atomic E-state index is 11.4. The van der Waals surface area contributed by atoms with E-state index in [1.54, 1.807) is 48.5 Å². The van der Waals surface area contributed by atoms with Gasteiger partial charge in [-0.1, -0.05) is 18.2 Å². The van der Waals surface area contributed by atoms with E-state index in [-0.39, 0.29) is 6.42 Å². The number of ether oxygens (including phenoxy) is 2. The Hall–Kier alpha value is -2.86. The van der Waals surface area contributed by atoms with Crippen LogP contribution in [0, 0.1) is 0 Å². The number of benzene rings is 2. The Morgan fingerprint density at radius 2 is 1.78 bits per heavy atom. The van der Waals surface area contributed by atoms with Gasteiger partial charge in [-0.25, -0.2) is 4.79 Å². The van der Waals surface area contributed by atoms with Crippen LogP contribution in [0.25, 0.3) is 0 Å². The topological polar surface area (TPSA) is 98.9 Å². The van der Waals surface area contributed by atoms with E-state index in [9.17, 15) is 9.59 Å². The summed E-state index contributed by atoms with van der Waals surface area (Å²) in [6, 6.07) is 12.5. The number of carboxylic acids is 1. The summed E-state index contributed by atoms with van der Waals surface area (Å²) in [5.74, 6) is -0.448. The molecule has 1 unspecified atom stereocenters. The fourth-order valence-electron chi connectivity index (χ4n) is 2.00. The molecule has 6 nitrogen and oxygen atoms in total. The third-order valence-electron chi connectivity index (χ3n) is 3.23. The maximum Gasteiger partial charge on any atom is 0.337 e. The molecule has 23 heavy (non-hydrogen) atoms. The van der Waals surface area contributed by atoms with Crippen LogP contribution in [0.3, 0.4) is 0 Å². The van der Waals surface area contributed by atoms with E-state index in [0.29, 0.717) is 22.6 Å². The normalized spacial score (nSPS) is 11.6. The highest BCUT2D eigenvalue weighted by Gasteiger charge is 2.15. The first-order chi connectivity index (χ1) is 11.0. The molecule has 0 spiro atoms. The molecular weight excluding hydrogens is 298 g/mol. The van der Waals surface area contributed by atoms with Gasteiger partial charge in [0.15, 0.2) is 0 Å². The number of hydrogen-bond acceptors (Lipinski definition) is 5. The van der Waals surface area contributed by atoms with Crippen molar-refractivity contribution in [3.8, 4) is 11.5 Å². The summed E-state index contributed by atoms with van der Waals surface area (Å²) < 4.78 is 10.4. The highest BCUT2D eigenvalue weighted by atomic mass is 16.5. The fourth-order valence-corrected chi connectivity index (χ4v) is 2.00. The monoisotopic (exact) mass is 315 g/mol. The van der Waals surface area contributed by atoms with Gasteiger partial charge in [-0.15, -0.1) is 0 Å². The molecule has 2 aromatic carbocycles. The van der Waals surface area contributed by atoms with Crippen LogP contribution in [-0.4, -0.2) is 30.2 Å². The van der Waals surface area contributed by atoms with Crippen molar-refractivity contribution in [2.45, 2.75) is 12.5 Å². The number of methoxy groups -OCH3 is 1. The van der Waals surface area contributed by atoms with Crippen molar-refractivity contribution in [3.05, 3.63) is 59.7 Å². The van der Waals surface area contributed by atoms with E-state index < -0.39 is 18.0 Å². The molecule has 120 valence electrons. The first-order valence-corrected chi connectivity index (χ1v) is 6.94. The Bertz CT molecular complexity index is 696. The van der Waals surface area contributed by atoms with Crippen molar-refractivity contribution >= 4 is 11.9 Å². The van der Waals surface area contributed by atoms with Crippen LogP contribution in [0.2, 0.25) is 0 Å². The van der Waals surface area contributed by atoms with Crippen LogP contribution >= 0.6 is 0 Å². The van der Waals surface area contributed by atoms with Gasteiger partial charge >= 0.3 is 11.9 Å². The van der Waals surface area contributed by atoms with E-state index >= 15 is 0 Å². The number of aliphatic carboxylic acids is 1. The highest BCUT2D eigenvalue weighted by Crippen LogP contribution is 2.26. The third-order valence-corrected chi connectivity index (χ3v) is 3.23. The molecule has 3 N–H and O–H groups in total. The van der Waals surface area contributed by atoms with Gasteiger partial charge in [0.1, 0.15) is 17.5 Å². The van der Waals surface area contributed by atoms with Gasteiger partial charge in [0.2, 0.25) is 0 Å². The summed E-state index contributed by atoms with van der Waals surface area (Å²) in [6.07, 6.45) is 0.158. The second-order valence-electron chi connectivity index (χ2n) is 4.87. The number of nitrogens with two attached hydrogens (primary N) is 1. The average Bonchev–Trinajstić information content (AvgIpc) is 2.56. The molecule has 0 bridgehead atoms. The van der Waals surface area contributed by atoms with Crippen molar-refractivity contribution in [1.29, 1.82) is 0 Å². The minimum Gasteiger partial charge on any atom is -0.480 e. The number of carbonyl (C=O) groups excluding carboxylic acids is 1. The van der Waals surface area contributed by atoms with Crippen LogP contribution in [0.1, 0.15) is 15.9 Å². The lowest BCUT2D eigenvalue weighted by Crippen LogP contribution is -2.32. The number of para-hydroxylation sites is 1. The molecule has 1 atom stereocenters. The lowest BCUT2D eigenvalue weighted by Gasteiger charge is -2.13. The Morgan fingerprint density at radius 3 is 2.39 bits per heavy atom. The van der Waals surface area contributed by atoms with Crippen LogP contribution in [0.4, 0.5) is 0 Å². The molecule has 0 radical (unpaired) electrons. The predicted octanol–water partition coefficient (Wildman–Crippen LogP) is 2.22. The minimum atomic E-state index is -1.07. The molecule has 0 aliphatic heterocycles. The van der Waals surface area contributed by atoms with E-state index in [1.807, 2.05) is 0 Å². The number of carbonyl (C=O) groups is 2. The van der Waals surface area contributed by atoms with Crippen LogP contribution in [0.15, 0.2) is 48.5 Å². The van der Waals surface area contributed by atoms with Crippen molar-refractivity contribution in [1.82, 2.24) is 0 Å². The molecule has 0 aliphatic carbocycles. The zero-order chi connectivity index (χ0) is 16.8. The van der Waals surface area contributed by atoms with Crippen molar-refractivity contribution in [3.63, 3.8) is 0 Å². The van der Waals surface area contributed by atoms with Crippen LogP contribution in [0.5, 0.6) is 11.5 Å². The lowest BCUT2D eigenvalue weighted by atomic mass is 10.1. The van der Waals surface area contributed by atoms with Gasteiger partial charge in [-0.2, -0.15) is 0 Å². The number of carboxylic acid groups (broad SMARTS) is 1. The fraction of sp³-hybridized carbons (Fsp3) is 0.176. The van der Waals surface area contributed by atoms with Crippen LogP contribution < -0.4 is 10.5 Å². The summed E-state index contributed by atoms with van der Waals surface area (Å²) in [5.41, 5.74) is 6.68. The van der Waals surface area contributed by atoms with Gasteiger partial charge in [0, 0.05) is 6.42 Å². The van der Waals surface area contributed by atoms with Crippen molar-refractivity contribution < 1.29 is 24.2 Å². The van der Waals surface area contributed by atoms with Crippen molar-refractivity contribution in [2.75, 3.05) is 7.11 Å². The maximum atomic E-state index is 11.4. The molecule has 0 saturated heterocycles. The Morgan fingerprint density at radius 1 is 1.13 bits per heavy atom. The number of esters is 1. The third kappa shape index (κ3) is 4.31. The molecule has 0 heterocycles. The summed E-state index contributed by atoms with van der Waals surface area (Å²) in [4.78, 5) is 22.3. The first kappa shape index (κ1) is 16.5. The zero-order valence-electron chi connectivity index (χ0n) is 12.6. The van der Waals surface area contributed by atoms with E-state index in [0.717, 1.165) is 0 Å². The Kier molecular flexibility index (Phi) is 5.32. The summed E-state index contributed by atoms with van der Waals surface area (Å²) in [5, 5.41) is 8.92.